The fourth-order valence-electron chi connectivity index (χ4n) is 2.66. The summed E-state index contributed by atoms with van der Waals surface area (Å²) in [4.78, 5) is 6.44. The molecule has 3 nitrogen and oxygen atoms in total. The summed E-state index contributed by atoms with van der Waals surface area (Å²) in [6.07, 6.45) is 2.63. The minimum atomic E-state index is 0.779. The zero-order valence-electron chi connectivity index (χ0n) is 12.5. The minimum absolute atomic E-state index is 0.779. The van der Waals surface area contributed by atoms with Crippen LogP contribution in [0.5, 0.6) is 0 Å². The van der Waals surface area contributed by atoms with Gasteiger partial charge in [-0.3, -0.25) is 0 Å². The maximum atomic E-state index is 3.57. The van der Waals surface area contributed by atoms with Crippen molar-refractivity contribution in [3.63, 3.8) is 0 Å². The zero-order valence-corrected chi connectivity index (χ0v) is 13.3. The van der Waals surface area contributed by atoms with E-state index in [4.69, 9.17) is 0 Å². The first-order chi connectivity index (χ1) is 9.16. The lowest BCUT2D eigenvalue weighted by Crippen LogP contribution is -2.43. The Bertz CT molecular complexity index is 369. The number of likely N-dealkylation sites (N-methyl/N-ethyl adjacent to an activating group) is 1. The summed E-state index contributed by atoms with van der Waals surface area (Å²) in [5.74, 6) is 0. The normalized spacial score (nSPS) is 18.3. The largest absolute Gasteiger partial charge is 0.311 e. The molecule has 1 aliphatic rings. The highest BCUT2D eigenvalue weighted by atomic mass is 32.1. The molecule has 0 aliphatic carbocycles. The quantitative estimate of drug-likeness (QED) is 0.806. The molecule has 0 radical (unpaired) electrons. The molecule has 1 fully saturated rings. The minimum Gasteiger partial charge on any atom is -0.311 e. The van der Waals surface area contributed by atoms with Gasteiger partial charge in [0.25, 0.3) is 0 Å². The van der Waals surface area contributed by atoms with E-state index in [1.165, 1.54) is 36.4 Å². The number of hydrogen-bond donors (Lipinski definition) is 1. The second-order valence-corrected chi connectivity index (χ2v) is 6.72. The van der Waals surface area contributed by atoms with Crippen LogP contribution in [0, 0.1) is 6.92 Å². The van der Waals surface area contributed by atoms with E-state index in [0.717, 1.165) is 25.7 Å². The molecular formula is C15H27N3S. The van der Waals surface area contributed by atoms with Crippen LogP contribution in [0.25, 0.3) is 0 Å². The van der Waals surface area contributed by atoms with E-state index in [1.807, 2.05) is 11.3 Å². The maximum absolute atomic E-state index is 3.57. The van der Waals surface area contributed by atoms with Gasteiger partial charge in [0.15, 0.2) is 0 Å². The van der Waals surface area contributed by atoms with E-state index < -0.39 is 0 Å². The van der Waals surface area contributed by atoms with E-state index in [-0.39, 0.29) is 0 Å². The first-order valence-corrected chi connectivity index (χ1v) is 8.17. The van der Waals surface area contributed by atoms with Gasteiger partial charge in [0.05, 0.1) is 0 Å². The predicted octanol–water partition coefficient (Wildman–Crippen LogP) is 2.17. The van der Waals surface area contributed by atoms with Crippen LogP contribution in [-0.4, -0.2) is 56.1 Å². The Kier molecular flexibility index (Phi) is 5.82. The molecule has 108 valence electrons. The van der Waals surface area contributed by atoms with Gasteiger partial charge in [-0.1, -0.05) is 0 Å². The highest BCUT2D eigenvalue weighted by Gasteiger charge is 2.19. The third-order valence-electron chi connectivity index (χ3n) is 4.21. The predicted molar refractivity (Wildman–Crippen MR) is 83.9 cm³/mol. The van der Waals surface area contributed by atoms with Gasteiger partial charge in [0.2, 0.25) is 0 Å². The van der Waals surface area contributed by atoms with Gasteiger partial charge >= 0.3 is 0 Å². The second-order valence-electron chi connectivity index (χ2n) is 5.72. The summed E-state index contributed by atoms with van der Waals surface area (Å²) in [5, 5.41) is 5.74. The van der Waals surface area contributed by atoms with Gasteiger partial charge in [-0.2, -0.15) is 0 Å². The molecule has 0 bridgehead atoms. The first kappa shape index (κ1) is 15.0. The van der Waals surface area contributed by atoms with Crippen LogP contribution in [0.15, 0.2) is 11.4 Å². The van der Waals surface area contributed by atoms with Crippen LogP contribution >= 0.6 is 11.3 Å². The molecule has 0 atom stereocenters. The van der Waals surface area contributed by atoms with Gasteiger partial charge in [-0.25, -0.2) is 0 Å². The van der Waals surface area contributed by atoms with Crippen molar-refractivity contribution in [3.05, 3.63) is 21.9 Å². The fraction of sp³-hybridized carbons (Fsp3) is 0.733. The molecule has 0 amide bonds. The molecule has 1 saturated heterocycles. The summed E-state index contributed by atoms with van der Waals surface area (Å²) in [5.41, 5.74) is 1.42. The summed E-state index contributed by atoms with van der Waals surface area (Å²) in [6.45, 7) is 7.94. The van der Waals surface area contributed by atoms with Crippen molar-refractivity contribution in [1.82, 2.24) is 15.1 Å². The van der Waals surface area contributed by atoms with Crippen LogP contribution in [-0.2, 0) is 6.54 Å². The van der Waals surface area contributed by atoms with Crippen molar-refractivity contribution in [2.24, 2.45) is 0 Å². The van der Waals surface area contributed by atoms with Crippen molar-refractivity contribution < 1.29 is 0 Å². The van der Waals surface area contributed by atoms with Crippen LogP contribution in [0.3, 0.4) is 0 Å². The topological polar surface area (TPSA) is 18.5 Å². The summed E-state index contributed by atoms with van der Waals surface area (Å²) >= 11 is 1.86. The molecule has 0 spiro atoms. The van der Waals surface area contributed by atoms with Crippen LogP contribution in [0.1, 0.15) is 23.3 Å². The molecule has 1 aliphatic heterocycles. The maximum Gasteiger partial charge on any atom is 0.0302 e. The van der Waals surface area contributed by atoms with Crippen LogP contribution in [0.4, 0.5) is 0 Å². The highest BCUT2D eigenvalue weighted by Crippen LogP contribution is 2.15. The molecule has 0 aromatic carbocycles. The van der Waals surface area contributed by atoms with Gasteiger partial charge < -0.3 is 15.1 Å². The summed E-state index contributed by atoms with van der Waals surface area (Å²) in [6, 6.07) is 2.98. The lowest BCUT2D eigenvalue weighted by atomic mass is 10.0. The van der Waals surface area contributed by atoms with E-state index in [1.54, 1.807) is 0 Å². The van der Waals surface area contributed by atoms with Crippen LogP contribution in [0.2, 0.25) is 0 Å². The third-order valence-corrected chi connectivity index (χ3v) is 5.23. The van der Waals surface area contributed by atoms with Gasteiger partial charge in [-0.05, 0) is 64.0 Å². The fourth-order valence-corrected chi connectivity index (χ4v) is 3.54. The van der Waals surface area contributed by atoms with Crippen molar-refractivity contribution in [2.75, 3.05) is 40.3 Å². The van der Waals surface area contributed by atoms with Gasteiger partial charge in [0.1, 0.15) is 0 Å². The Morgan fingerprint density at radius 1 is 1.42 bits per heavy atom. The van der Waals surface area contributed by atoms with Gasteiger partial charge in [-0.15, -0.1) is 11.3 Å². The zero-order chi connectivity index (χ0) is 13.7. The molecular weight excluding hydrogens is 254 g/mol. The third kappa shape index (κ3) is 4.56. The van der Waals surface area contributed by atoms with E-state index in [0.29, 0.717) is 0 Å². The van der Waals surface area contributed by atoms with Crippen molar-refractivity contribution in [3.8, 4) is 0 Å². The molecule has 0 saturated carbocycles. The van der Waals surface area contributed by atoms with Gasteiger partial charge in [0, 0.05) is 30.6 Å². The second kappa shape index (κ2) is 7.39. The number of thiophene rings is 1. The summed E-state index contributed by atoms with van der Waals surface area (Å²) < 4.78 is 0. The number of hydrogen-bond acceptors (Lipinski definition) is 4. The van der Waals surface area contributed by atoms with E-state index in [2.05, 4.69) is 47.6 Å². The summed E-state index contributed by atoms with van der Waals surface area (Å²) in [7, 11) is 4.50. The molecule has 1 aromatic rings. The number of nitrogens with one attached hydrogen (secondary N) is 1. The Balaban J connectivity index is 1.61. The molecule has 2 heterocycles. The number of likely N-dealkylation sites (tertiary alicyclic amines) is 1. The standard InChI is InChI=1S/C15H27N3S/c1-13-6-11-19-15(13)12-16-7-10-18(3)14-4-8-17(2)9-5-14/h6,11,14,16H,4-5,7-10,12H2,1-3H3. The number of aryl methyl sites for hydroxylation is 1. The van der Waals surface area contributed by atoms with E-state index in [9.17, 15) is 0 Å². The Morgan fingerprint density at radius 3 is 2.79 bits per heavy atom. The SMILES string of the molecule is Cc1ccsc1CNCCN(C)C1CCN(C)CC1. The average molecular weight is 281 g/mol. The average Bonchev–Trinajstić information content (AvgIpc) is 2.81. The molecule has 2 rings (SSSR count). The lowest BCUT2D eigenvalue weighted by Gasteiger charge is -2.35. The lowest BCUT2D eigenvalue weighted by molar-refractivity contribution is 0.145. The smallest absolute Gasteiger partial charge is 0.0302 e. The molecule has 1 aromatic heterocycles. The Labute approximate surface area is 121 Å². The molecule has 4 heteroatoms. The van der Waals surface area contributed by atoms with Crippen LogP contribution < -0.4 is 5.32 Å². The number of nitrogens with zero attached hydrogens (tertiary/aromatic N) is 2. The number of piperidine rings is 1. The molecule has 1 N–H and O–H groups in total. The number of rotatable bonds is 6. The van der Waals surface area contributed by atoms with Crippen molar-refractivity contribution >= 4 is 11.3 Å². The van der Waals surface area contributed by atoms with Crippen molar-refractivity contribution in [2.45, 2.75) is 32.4 Å². The Morgan fingerprint density at radius 2 is 2.16 bits per heavy atom. The Hall–Kier alpha value is -0.420. The van der Waals surface area contributed by atoms with E-state index >= 15 is 0 Å². The van der Waals surface area contributed by atoms with Crippen molar-refractivity contribution in [1.29, 1.82) is 0 Å². The first-order valence-electron chi connectivity index (χ1n) is 7.29. The highest BCUT2D eigenvalue weighted by molar-refractivity contribution is 7.10. The molecule has 19 heavy (non-hydrogen) atoms. The molecule has 0 unspecified atom stereocenters. The monoisotopic (exact) mass is 281 g/mol.